The molecule has 0 saturated heterocycles. The lowest BCUT2D eigenvalue weighted by atomic mass is 9.80. The third kappa shape index (κ3) is 5.09. The summed E-state index contributed by atoms with van der Waals surface area (Å²) >= 11 is 0. The summed E-state index contributed by atoms with van der Waals surface area (Å²) in [4.78, 5) is 0. The third-order valence-electron chi connectivity index (χ3n) is 3.95. The van der Waals surface area contributed by atoms with Crippen LogP contribution in [-0.2, 0) is 22.3 Å². The zero-order valence-electron chi connectivity index (χ0n) is 13.1. The molecule has 2 N–H and O–H groups in total. The van der Waals surface area contributed by atoms with Gasteiger partial charge in [0.2, 0.25) is 10.0 Å². The van der Waals surface area contributed by atoms with Gasteiger partial charge < -0.3 is 5.32 Å². The Hall–Kier alpha value is -0.910. The molecular formula is C16H26N2O2S. The van der Waals surface area contributed by atoms with E-state index in [1.807, 2.05) is 31.2 Å². The highest BCUT2D eigenvalue weighted by Gasteiger charge is 2.35. The number of sulfonamides is 1. The Morgan fingerprint density at radius 3 is 2.19 bits per heavy atom. The Morgan fingerprint density at radius 2 is 1.71 bits per heavy atom. The molecule has 4 nitrogen and oxygen atoms in total. The van der Waals surface area contributed by atoms with E-state index in [1.54, 1.807) is 0 Å². The fourth-order valence-electron chi connectivity index (χ4n) is 2.52. The van der Waals surface area contributed by atoms with Gasteiger partial charge in [-0.15, -0.1) is 0 Å². The summed E-state index contributed by atoms with van der Waals surface area (Å²) in [7, 11) is -3.26. The summed E-state index contributed by atoms with van der Waals surface area (Å²) in [6.07, 6.45) is 2.98. The first-order valence-electron chi connectivity index (χ1n) is 7.61. The second-order valence-electron chi connectivity index (χ2n) is 6.63. The highest BCUT2D eigenvalue weighted by atomic mass is 32.2. The van der Waals surface area contributed by atoms with Gasteiger partial charge in [0.15, 0.2) is 0 Å². The first-order chi connectivity index (χ1) is 9.78. The molecular weight excluding hydrogens is 284 g/mol. The Morgan fingerprint density at radius 1 is 1.14 bits per heavy atom. The minimum absolute atomic E-state index is 0.0560. The van der Waals surface area contributed by atoms with Gasteiger partial charge in [-0.2, -0.15) is 0 Å². The van der Waals surface area contributed by atoms with Gasteiger partial charge in [-0.3, -0.25) is 0 Å². The van der Waals surface area contributed by atoms with Crippen molar-refractivity contribution in [3.63, 3.8) is 0 Å². The van der Waals surface area contributed by atoms with Crippen molar-refractivity contribution in [2.75, 3.05) is 0 Å². The van der Waals surface area contributed by atoms with Crippen LogP contribution in [0.1, 0.15) is 51.2 Å². The van der Waals surface area contributed by atoms with Crippen molar-refractivity contribution in [1.82, 2.24) is 10.0 Å². The summed E-state index contributed by atoms with van der Waals surface area (Å²) in [6.45, 7) is 7.00. The lowest BCUT2D eigenvalue weighted by molar-refractivity contribution is 0.248. The molecule has 2 rings (SSSR count). The van der Waals surface area contributed by atoms with Gasteiger partial charge >= 0.3 is 0 Å². The van der Waals surface area contributed by atoms with Crippen LogP contribution in [0.15, 0.2) is 24.3 Å². The van der Waals surface area contributed by atoms with Crippen LogP contribution in [0.3, 0.4) is 0 Å². The van der Waals surface area contributed by atoms with E-state index in [9.17, 15) is 8.42 Å². The van der Waals surface area contributed by atoms with Crippen molar-refractivity contribution in [2.24, 2.45) is 0 Å². The molecule has 0 spiro atoms. The van der Waals surface area contributed by atoms with Gasteiger partial charge in [0.1, 0.15) is 0 Å². The van der Waals surface area contributed by atoms with Crippen LogP contribution in [-0.4, -0.2) is 20.0 Å². The lowest BCUT2D eigenvalue weighted by Crippen LogP contribution is -2.51. The standard InChI is InChI=1S/C16H26N2O2S/c1-13(2)17-11-14-5-7-15(8-6-14)12-21(19,20)18-16(3)9-4-10-16/h5-8,13,17-18H,4,9-12H2,1-3H3. The monoisotopic (exact) mass is 310 g/mol. The summed E-state index contributed by atoms with van der Waals surface area (Å²) in [5.41, 5.74) is 1.78. The van der Waals surface area contributed by atoms with Gasteiger partial charge in [-0.05, 0) is 37.3 Å². The third-order valence-corrected chi connectivity index (χ3v) is 5.47. The Kier molecular flexibility index (Phi) is 5.07. The minimum atomic E-state index is -3.26. The topological polar surface area (TPSA) is 58.2 Å². The fraction of sp³-hybridized carbons (Fsp3) is 0.625. The number of hydrogen-bond acceptors (Lipinski definition) is 3. The summed E-state index contributed by atoms with van der Waals surface area (Å²) in [5.74, 6) is 0.0560. The second kappa shape index (κ2) is 6.46. The molecule has 1 aliphatic carbocycles. The molecule has 118 valence electrons. The van der Waals surface area contributed by atoms with Gasteiger partial charge in [0.05, 0.1) is 5.75 Å². The zero-order valence-corrected chi connectivity index (χ0v) is 14.0. The van der Waals surface area contributed by atoms with Crippen molar-refractivity contribution >= 4 is 10.0 Å². The fourth-order valence-corrected chi connectivity index (χ4v) is 4.17. The molecule has 0 atom stereocenters. The number of nitrogens with one attached hydrogen (secondary N) is 2. The summed E-state index contributed by atoms with van der Waals surface area (Å²) < 4.78 is 27.2. The van der Waals surface area contributed by atoms with Crippen LogP contribution in [0.5, 0.6) is 0 Å². The molecule has 21 heavy (non-hydrogen) atoms. The van der Waals surface area contributed by atoms with Gasteiger partial charge in [0, 0.05) is 18.1 Å². The number of rotatable bonds is 7. The van der Waals surface area contributed by atoms with Crippen LogP contribution < -0.4 is 10.0 Å². The smallest absolute Gasteiger partial charge is 0.216 e. The number of hydrogen-bond donors (Lipinski definition) is 2. The molecule has 1 aromatic rings. The average Bonchev–Trinajstić information content (AvgIpc) is 2.35. The minimum Gasteiger partial charge on any atom is -0.310 e. The highest BCUT2D eigenvalue weighted by Crippen LogP contribution is 2.32. The normalized spacial score (nSPS) is 17.7. The van der Waals surface area contributed by atoms with E-state index in [2.05, 4.69) is 23.9 Å². The van der Waals surface area contributed by atoms with E-state index in [1.165, 1.54) is 5.56 Å². The number of benzene rings is 1. The molecule has 1 aliphatic rings. The van der Waals surface area contributed by atoms with Crippen molar-refractivity contribution in [1.29, 1.82) is 0 Å². The van der Waals surface area contributed by atoms with Crippen LogP contribution >= 0.6 is 0 Å². The quantitative estimate of drug-likeness (QED) is 0.814. The van der Waals surface area contributed by atoms with Crippen molar-refractivity contribution < 1.29 is 8.42 Å². The molecule has 1 fully saturated rings. The van der Waals surface area contributed by atoms with Crippen LogP contribution in [0.25, 0.3) is 0 Å². The Labute approximate surface area is 128 Å². The van der Waals surface area contributed by atoms with E-state index in [0.717, 1.165) is 31.4 Å². The molecule has 0 unspecified atom stereocenters. The highest BCUT2D eigenvalue weighted by molar-refractivity contribution is 7.88. The maximum Gasteiger partial charge on any atom is 0.216 e. The predicted molar refractivity (Wildman–Crippen MR) is 86.4 cm³/mol. The molecule has 0 radical (unpaired) electrons. The lowest BCUT2D eigenvalue weighted by Gasteiger charge is -2.38. The Balaban J connectivity index is 1.93. The summed E-state index contributed by atoms with van der Waals surface area (Å²) in [6, 6.07) is 8.23. The van der Waals surface area contributed by atoms with Crippen molar-refractivity contribution in [3.05, 3.63) is 35.4 Å². The first-order valence-corrected chi connectivity index (χ1v) is 9.26. The largest absolute Gasteiger partial charge is 0.310 e. The second-order valence-corrected chi connectivity index (χ2v) is 8.35. The van der Waals surface area contributed by atoms with E-state index in [4.69, 9.17) is 0 Å². The molecule has 0 heterocycles. The maximum absolute atomic E-state index is 12.2. The van der Waals surface area contributed by atoms with Crippen LogP contribution in [0.2, 0.25) is 0 Å². The zero-order chi connectivity index (χ0) is 15.5. The Bertz CT molecular complexity index is 560. The van der Waals surface area contributed by atoms with Gasteiger partial charge in [-0.25, -0.2) is 13.1 Å². The van der Waals surface area contributed by atoms with E-state index >= 15 is 0 Å². The molecule has 1 aromatic carbocycles. The molecule has 1 saturated carbocycles. The van der Waals surface area contributed by atoms with Crippen molar-refractivity contribution in [3.8, 4) is 0 Å². The van der Waals surface area contributed by atoms with Crippen molar-refractivity contribution in [2.45, 2.75) is 63.9 Å². The van der Waals surface area contributed by atoms with E-state index in [-0.39, 0.29) is 11.3 Å². The van der Waals surface area contributed by atoms with E-state index < -0.39 is 10.0 Å². The van der Waals surface area contributed by atoms with Gasteiger partial charge in [0.25, 0.3) is 0 Å². The molecule has 0 amide bonds. The predicted octanol–water partition coefficient (Wildman–Crippen LogP) is 2.55. The summed E-state index contributed by atoms with van der Waals surface area (Å²) in [5, 5.41) is 3.35. The van der Waals surface area contributed by atoms with Crippen LogP contribution in [0.4, 0.5) is 0 Å². The first kappa shape index (κ1) is 16.5. The maximum atomic E-state index is 12.2. The molecule has 0 aromatic heterocycles. The SMILES string of the molecule is CC(C)NCc1ccc(CS(=O)(=O)NC2(C)CCC2)cc1. The average molecular weight is 310 g/mol. The van der Waals surface area contributed by atoms with E-state index in [0.29, 0.717) is 6.04 Å². The van der Waals surface area contributed by atoms with Gasteiger partial charge in [-0.1, -0.05) is 38.1 Å². The molecule has 0 bridgehead atoms. The van der Waals surface area contributed by atoms with Crippen LogP contribution in [0, 0.1) is 0 Å². The molecule has 5 heteroatoms. The molecule has 0 aliphatic heterocycles.